The summed E-state index contributed by atoms with van der Waals surface area (Å²) in [5, 5.41) is 5.12. The SMILES string of the molecule is C[C@@H](NS(=O)(=O)c1ccc2c(c1)CCO2)c1cccc(S(N)(=O)=O)c1. The molecular weight excluding hydrogens is 364 g/mol. The van der Waals surface area contributed by atoms with E-state index in [9.17, 15) is 16.8 Å². The largest absolute Gasteiger partial charge is 0.493 e. The quantitative estimate of drug-likeness (QED) is 0.809. The van der Waals surface area contributed by atoms with Crippen molar-refractivity contribution in [1.82, 2.24) is 4.72 Å². The van der Waals surface area contributed by atoms with Gasteiger partial charge in [0, 0.05) is 12.5 Å². The van der Waals surface area contributed by atoms with Crippen LogP contribution in [0.4, 0.5) is 0 Å². The van der Waals surface area contributed by atoms with Gasteiger partial charge in [0.1, 0.15) is 5.75 Å². The van der Waals surface area contributed by atoms with Crippen LogP contribution in [0.15, 0.2) is 52.3 Å². The summed E-state index contributed by atoms with van der Waals surface area (Å²) in [7, 11) is -7.62. The van der Waals surface area contributed by atoms with Gasteiger partial charge in [0.2, 0.25) is 20.0 Å². The average molecular weight is 382 g/mol. The number of primary sulfonamides is 1. The van der Waals surface area contributed by atoms with Gasteiger partial charge in [-0.15, -0.1) is 0 Å². The molecule has 1 atom stereocenters. The predicted molar refractivity (Wildman–Crippen MR) is 92.2 cm³/mol. The fourth-order valence-corrected chi connectivity index (χ4v) is 4.51. The zero-order valence-electron chi connectivity index (χ0n) is 13.5. The minimum absolute atomic E-state index is 0.0641. The zero-order valence-corrected chi connectivity index (χ0v) is 15.1. The predicted octanol–water partition coefficient (Wildman–Crippen LogP) is 1.31. The third-order valence-electron chi connectivity index (χ3n) is 3.99. The van der Waals surface area contributed by atoms with Gasteiger partial charge in [-0.3, -0.25) is 0 Å². The van der Waals surface area contributed by atoms with E-state index < -0.39 is 26.1 Å². The van der Waals surface area contributed by atoms with Crippen LogP contribution in [0.5, 0.6) is 5.75 Å². The Morgan fingerprint density at radius 2 is 1.84 bits per heavy atom. The van der Waals surface area contributed by atoms with E-state index >= 15 is 0 Å². The van der Waals surface area contributed by atoms with Crippen LogP contribution in [0.2, 0.25) is 0 Å². The molecule has 0 aliphatic carbocycles. The lowest BCUT2D eigenvalue weighted by molar-refractivity contribution is 0.356. The van der Waals surface area contributed by atoms with E-state index in [1.807, 2.05) is 0 Å². The molecule has 3 N–H and O–H groups in total. The van der Waals surface area contributed by atoms with Crippen LogP contribution in [0.1, 0.15) is 24.1 Å². The molecule has 0 spiro atoms. The van der Waals surface area contributed by atoms with Crippen molar-refractivity contribution in [2.45, 2.75) is 29.2 Å². The minimum atomic E-state index is -3.85. The molecule has 0 amide bonds. The summed E-state index contributed by atoms with van der Waals surface area (Å²) in [6.45, 7) is 2.18. The van der Waals surface area contributed by atoms with Crippen LogP contribution in [-0.2, 0) is 26.5 Å². The monoisotopic (exact) mass is 382 g/mol. The molecule has 1 heterocycles. The number of hydrogen-bond acceptors (Lipinski definition) is 5. The van der Waals surface area contributed by atoms with Gasteiger partial charge in [-0.25, -0.2) is 26.7 Å². The van der Waals surface area contributed by atoms with Crippen molar-refractivity contribution < 1.29 is 21.6 Å². The number of sulfonamides is 2. The molecule has 2 aromatic carbocycles. The lowest BCUT2D eigenvalue weighted by atomic mass is 10.1. The van der Waals surface area contributed by atoms with Crippen LogP contribution in [-0.4, -0.2) is 23.4 Å². The molecule has 7 nitrogen and oxygen atoms in total. The van der Waals surface area contributed by atoms with E-state index in [4.69, 9.17) is 9.88 Å². The normalized spacial score (nSPS) is 15.4. The number of benzene rings is 2. The second-order valence-corrected chi connectivity index (χ2v) is 9.10. The maximum absolute atomic E-state index is 12.6. The Balaban J connectivity index is 1.86. The highest BCUT2D eigenvalue weighted by Gasteiger charge is 2.22. The van der Waals surface area contributed by atoms with Crippen molar-refractivity contribution in [2.24, 2.45) is 5.14 Å². The first kappa shape index (κ1) is 17.9. The van der Waals surface area contributed by atoms with Crippen LogP contribution in [0.25, 0.3) is 0 Å². The third kappa shape index (κ3) is 3.84. The molecule has 3 rings (SSSR count). The fourth-order valence-electron chi connectivity index (χ4n) is 2.66. The van der Waals surface area contributed by atoms with Gasteiger partial charge in [-0.1, -0.05) is 12.1 Å². The highest BCUT2D eigenvalue weighted by molar-refractivity contribution is 7.89. The number of rotatable bonds is 5. The van der Waals surface area contributed by atoms with Crippen LogP contribution < -0.4 is 14.6 Å². The van der Waals surface area contributed by atoms with E-state index in [1.54, 1.807) is 25.1 Å². The Labute approximate surface area is 146 Å². The van der Waals surface area contributed by atoms with Gasteiger partial charge < -0.3 is 4.74 Å². The molecule has 1 aliphatic heterocycles. The summed E-state index contributed by atoms with van der Waals surface area (Å²) in [5.41, 5.74) is 1.35. The molecule has 0 radical (unpaired) electrons. The van der Waals surface area contributed by atoms with E-state index in [1.165, 1.54) is 24.3 Å². The molecule has 0 saturated heterocycles. The number of ether oxygens (including phenoxy) is 1. The first-order valence-corrected chi connectivity index (χ1v) is 10.6. The zero-order chi connectivity index (χ0) is 18.2. The van der Waals surface area contributed by atoms with Gasteiger partial charge in [0.15, 0.2) is 0 Å². The Hall–Kier alpha value is -1.94. The van der Waals surface area contributed by atoms with Crippen molar-refractivity contribution in [3.05, 3.63) is 53.6 Å². The number of hydrogen-bond donors (Lipinski definition) is 2. The molecule has 1 aliphatic rings. The average Bonchev–Trinajstić information content (AvgIpc) is 3.01. The molecule has 0 fully saturated rings. The summed E-state index contributed by atoms with van der Waals surface area (Å²) >= 11 is 0. The van der Waals surface area contributed by atoms with Gasteiger partial charge in [-0.05, 0) is 48.4 Å². The summed E-state index contributed by atoms with van der Waals surface area (Å²) in [5.74, 6) is 0.702. The molecule has 9 heteroatoms. The first-order chi connectivity index (χ1) is 11.7. The van der Waals surface area contributed by atoms with Crippen molar-refractivity contribution in [1.29, 1.82) is 0 Å². The molecule has 0 saturated carbocycles. The van der Waals surface area contributed by atoms with E-state index in [0.717, 1.165) is 5.56 Å². The third-order valence-corrected chi connectivity index (χ3v) is 6.44. The van der Waals surface area contributed by atoms with Gasteiger partial charge in [0.25, 0.3) is 0 Å². The standard InChI is InChI=1S/C16H18N2O5S2/c1-11(12-3-2-4-14(9-12)24(17,19)20)18-25(21,22)15-5-6-16-13(10-15)7-8-23-16/h2-6,9-11,18H,7-8H2,1H3,(H2,17,19,20)/t11-/m1/s1. The maximum atomic E-state index is 12.6. The highest BCUT2D eigenvalue weighted by Crippen LogP contribution is 2.28. The van der Waals surface area contributed by atoms with Crippen molar-refractivity contribution in [2.75, 3.05) is 6.61 Å². The minimum Gasteiger partial charge on any atom is -0.493 e. The molecule has 2 aromatic rings. The summed E-state index contributed by atoms with van der Waals surface area (Å²) in [4.78, 5) is 0.0805. The van der Waals surface area contributed by atoms with Crippen molar-refractivity contribution >= 4 is 20.0 Å². The van der Waals surface area contributed by atoms with Crippen LogP contribution in [0, 0.1) is 0 Å². The number of fused-ring (bicyclic) bond motifs is 1. The topological polar surface area (TPSA) is 116 Å². The fraction of sp³-hybridized carbons (Fsp3) is 0.250. The molecule has 134 valence electrons. The van der Waals surface area contributed by atoms with Crippen molar-refractivity contribution in [3.63, 3.8) is 0 Å². The van der Waals surface area contributed by atoms with E-state index in [-0.39, 0.29) is 9.79 Å². The van der Waals surface area contributed by atoms with Gasteiger partial charge >= 0.3 is 0 Å². The summed E-state index contributed by atoms with van der Waals surface area (Å²) in [6.07, 6.45) is 0.671. The first-order valence-electron chi connectivity index (χ1n) is 7.58. The summed E-state index contributed by atoms with van der Waals surface area (Å²) in [6, 6.07) is 9.97. The molecule has 0 bridgehead atoms. The Kier molecular flexibility index (Phi) is 4.58. The lowest BCUT2D eigenvalue weighted by Gasteiger charge is -2.16. The maximum Gasteiger partial charge on any atom is 0.241 e. The van der Waals surface area contributed by atoms with Gasteiger partial charge in [-0.2, -0.15) is 0 Å². The summed E-state index contributed by atoms with van der Waals surface area (Å²) < 4.78 is 56.0. The number of nitrogens with two attached hydrogens (primary N) is 1. The Bertz CT molecular complexity index is 1020. The molecular formula is C16H18N2O5S2. The number of nitrogens with one attached hydrogen (secondary N) is 1. The lowest BCUT2D eigenvalue weighted by Crippen LogP contribution is -2.27. The van der Waals surface area contributed by atoms with Gasteiger partial charge in [0.05, 0.1) is 16.4 Å². The highest BCUT2D eigenvalue weighted by atomic mass is 32.2. The van der Waals surface area contributed by atoms with Crippen LogP contribution in [0.3, 0.4) is 0 Å². The molecule has 25 heavy (non-hydrogen) atoms. The Morgan fingerprint density at radius 1 is 1.08 bits per heavy atom. The second kappa shape index (κ2) is 6.41. The second-order valence-electron chi connectivity index (χ2n) is 5.83. The molecule has 0 unspecified atom stereocenters. The van der Waals surface area contributed by atoms with E-state index in [0.29, 0.717) is 24.3 Å². The van der Waals surface area contributed by atoms with Crippen LogP contribution >= 0.6 is 0 Å². The smallest absolute Gasteiger partial charge is 0.241 e. The molecule has 0 aromatic heterocycles. The Morgan fingerprint density at radius 3 is 2.56 bits per heavy atom. The van der Waals surface area contributed by atoms with Crippen molar-refractivity contribution in [3.8, 4) is 5.75 Å². The van der Waals surface area contributed by atoms with E-state index in [2.05, 4.69) is 4.72 Å².